The number of aryl methyl sites for hydroxylation is 2. The first kappa shape index (κ1) is 34.8. The van der Waals surface area contributed by atoms with Crippen LogP contribution in [0.2, 0.25) is 0 Å². The van der Waals surface area contributed by atoms with Crippen molar-refractivity contribution in [3.05, 3.63) is 35.2 Å². The maximum Gasteiger partial charge on any atom is 0.267 e. The van der Waals surface area contributed by atoms with Crippen LogP contribution < -0.4 is 9.46 Å². The second kappa shape index (κ2) is 14.4. The number of nitrogens with zero attached hydrogens (tertiary/aromatic N) is 3. The summed E-state index contributed by atoms with van der Waals surface area (Å²) in [6.07, 6.45) is 2.50. The highest BCUT2D eigenvalue weighted by molar-refractivity contribution is 7.92. The summed E-state index contributed by atoms with van der Waals surface area (Å²) in [7, 11) is -6.08. The maximum atomic E-state index is 14.2. The standard InChI is InChI=1S/C28H44N4O9S2/c1-18-15-32(19(2)17-33)28(34)24-14-23(30-43(37,38)27-21(4)29-41-22(27)5)11-12-25(24)40-20(3)10-8-9-13-39-26(18)16-31(6)42(7,35)36/h11-12,14,18-20,26,30,33H,8-10,13,15-17H2,1-7H3/t18-,19+,20-,26-/m0/s1. The van der Waals surface area contributed by atoms with Gasteiger partial charge in [0.2, 0.25) is 10.0 Å². The van der Waals surface area contributed by atoms with Crippen LogP contribution in [0.4, 0.5) is 5.69 Å². The summed E-state index contributed by atoms with van der Waals surface area (Å²) in [5, 5.41) is 13.8. The van der Waals surface area contributed by atoms with Gasteiger partial charge >= 0.3 is 0 Å². The monoisotopic (exact) mass is 644 g/mol. The number of aromatic nitrogens is 1. The van der Waals surface area contributed by atoms with Crippen LogP contribution in [0.5, 0.6) is 5.75 Å². The molecular weight excluding hydrogens is 600 g/mol. The topological polar surface area (TPSA) is 169 Å². The number of nitrogens with one attached hydrogen (secondary N) is 1. The molecule has 1 aliphatic heterocycles. The molecule has 1 aliphatic rings. The number of carbonyl (C=O) groups is 1. The van der Waals surface area contributed by atoms with E-state index in [0.29, 0.717) is 13.0 Å². The molecule has 3 rings (SSSR count). The molecule has 0 saturated carbocycles. The Morgan fingerprint density at radius 3 is 2.49 bits per heavy atom. The number of benzene rings is 1. The molecule has 0 saturated heterocycles. The second-order valence-corrected chi connectivity index (χ2v) is 15.0. The van der Waals surface area contributed by atoms with E-state index < -0.39 is 38.1 Å². The van der Waals surface area contributed by atoms with Gasteiger partial charge in [-0.25, -0.2) is 21.1 Å². The lowest BCUT2D eigenvalue weighted by atomic mass is 10.0. The van der Waals surface area contributed by atoms with Gasteiger partial charge in [0.15, 0.2) is 10.7 Å². The fraction of sp³-hybridized carbons (Fsp3) is 0.643. The fourth-order valence-electron chi connectivity index (χ4n) is 4.90. The molecule has 0 spiro atoms. The van der Waals surface area contributed by atoms with Gasteiger partial charge in [0.1, 0.15) is 11.4 Å². The van der Waals surface area contributed by atoms with Crippen LogP contribution in [0.1, 0.15) is 61.8 Å². The first-order chi connectivity index (χ1) is 20.0. The van der Waals surface area contributed by atoms with Crippen molar-refractivity contribution < 1.29 is 40.7 Å². The Balaban J connectivity index is 2.04. The number of rotatable bonds is 8. The van der Waals surface area contributed by atoms with Crippen molar-refractivity contribution in [1.82, 2.24) is 14.4 Å². The number of aliphatic hydroxyl groups is 1. The summed E-state index contributed by atoms with van der Waals surface area (Å²) in [6.45, 7) is 8.77. The SMILES string of the molecule is Cc1noc(C)c1S(=O)(=O)Nc1ccc2c(c1)C(=O)N([C@H](C)CO)C[C@H](C)[C@H](CN(C)S(C)(=O)=O)OCCCC[C@H](C)O2. The number of sulfonamides is 2. The average Bonchev–Trinajstić information content (AvgIpc) is 3.27. The molecule has 242 valence electrons. The van der Waals surface area contributed by atoms with Crippen molar-refractivity contribution in [3.63, 3.8) is 0 Å². The zero-order valence-corrected chi connectivity index (χ0v) is 27.5. The fourth-order valence-corrected chi connectivity index (χ4v) is 6.70. The van der Waals surface area contributed by atoms with Gasteiger partial charge in [-0.05, 0) is 65.2 Å². The lowest BCUT2D eigenvalue weighted by molar-refractivity contribution is -0.00828. The van der Waals surface area contributed by atoms with Crippen molar-refractivity contribution in [1.29, 1.82) is 0 Å². The Morgan fingerprint density at radius 1 is 1.19 bits per heavy atom. The second-order valence-electron chi connectivity index (χ2n) is 11.3. The van der Waals surface area contributed by atoms with Crippen molar-refractivity contribution in [2.75, 3.05) is 44.3 Å². The van der Waals surface area contributed by atoms with Gasteiger partial charge in [-0.1, -0.05) is 12.1 Å². The number of hydrogen-bond donors (Lipinski definition) is 2. The Morgan fingerprint density at radius 2 is 1.88 bits per heavy atom. The molecule has 43 heavy (non-hydrogen) atoms. The highest BCUT2D eigenvalue weighted by Gasteiger charge is 2.32. The zero-order valence-electron chi connectivity index (χ0n) is 25.9. The normalized spacial score (nSPS) is 22.0. The molecule has 15 heteroatoms. The Bertz CT molecular complexity index is 1460. The summed E-state index contributed by atoms with van der Waals surface area (Å²) in [4.78, 5) is 15.6. The van der Waals surface area contributed by atoms with Crippen molar-refractivity contribution in [3.8, 4) is 5.75 Å². The predicted molar refractivity (Wildman–Crippen MR) is 161 cm³/mol. The molecule has 2 heterocycles. The molecule has 2 aromatic rings. The quantitative estimate of drug-likeness (QED) is 0.436. The van der Waals surface area contributed by atoms with Gasteiger partial charge in [-0.15, -0.1) is 0 Å². The van der Waals surface area contributed by atoms with Gasteiger partial charge in [0.25, 0.3) is 15.9 Å². The third-order valence-electron chi connectivity index (χ3n) is 7.54. The maximum absolute atomic E-state index is 14.2. The van der Waals surface area contributed by atoms with E-state index in [4.69, 9.17) is 14.0 Å². The van der Waals surface area contributed by atoms with E-state index in [0.717, 1.165) is 19.1 Å². The van der Waals surface area contributed by atoms with Crippen LogP contribution in [0.3, 0.4) is 0 Å². The van der Waals surface area contributed by atoms with E-state index in [1.165, 1.54) is 42.2 Å². The Labute approximate surface area is 254 Å². The third-order valence-corrected chi connectivity index (χ3v) is 10.4. The van der Waals surface area contributed by atoms with E-state index >= 15 is 0 Å². The van der Waals surface area contributed by atoms with Gasteiger partial charge in [-0.3, -0.25) is 9.52 Å². The van der Waals surface area contributed by atoms with Crippen molar-refractivity contribution in [2.45, 2.75) is 77.0 Å². The number of fused-ring (bicyclic) bond motifs is 1. The molecule has 2 N–H and O–H groups in total. The van der Waals surface area contributed by atoms with Crippen LogP contribution in [0.25, 0.3) is 0 Å². The number of ether oxygens (including phenoxy) is 2. The van der Waals surface area contributed by atoms with Crippen molar-refractivity contribution in [2.24, 2.45) is 5.92 Å². The summed E-state index contributed by atoms with van der Waals surface area (Å²) < 4.78 is 71.8. The van der Waals surface area contributed by atoms with Gasteiger partial charge in [-0.2, -0.15) is 0 Å². The van der Waals surface area contributed by atoms with E-state index in [9.17, 15) is 26.7 Å². The zero-order chi connectivity index (χ0) is 32.1. The summed E-state index contributed by atoms with van der Waals surface area (Å²) in [5.41, 5.74) is 0.443. The molecular formula is C28H44N4O9S2. The van der Waals surface area contributed by atoms with Crippen LogP contribution >= 0.6 is 0 Å². The number of anilines is 1. The minimum atomic E-state index is -4.09. The van der Waals surface area contributed by atoms with Crippen molar-refractivity contribution >= 4 is 31.6 Å². The van der Waals surface area contributed by atoms with E-state index in [2.05, 4.69) is 9.88 Å². The van der Waals surface area contributed by atoms with E-state index in [1.807, 2.05) is 13.8 Å². The smallest absolute Gasteiger partial charge is 0.267 e. The lowest BCUT2D eigenvalue weighted by Crippen LogP contribution is -2.47. The molecule has 13 nitrogen and oxygen atoms in total. The molecule has 0 unspecified atom stereocenters. The van der Waals surface area contributed by atoms with Crippen LogP contribution in [0.15, 0.2) is 27.6 Å². The third kappa shape index (κ3) is 8.91. The molecule has 0 radical (unpaired) electrons. The average molecular weight is 645 g/mol. The molecule has 0 fully saturated rings. The molecule has 1 amide bonds. The largest absolute Gasteiger partial charge is 0.490 e. The molecule has 1 aromatic carbocycles. The van der Waals surface area contributed by atoms with Crippen LogP contribution in [-0.4, -0.2) is 100 Å². The number of amides is 1. The summed E-state index contributed by atoms with van der Waals surface area (Å²) >= 11 is 0. The predicted octanol–water partition coefficient (Wildman–Crippen LogP) is 2.78. The molecule has 1 aromatic heterocycles. The highest BCUT2D eigenvalue weighted by atomic mass is 32.2. The van der Waals surface area contributed by atoms with Crippen LogP contribution in [-0.2, 0) is 24.8 Å². The molecule has 0 bridgehead atoms. The van der Waals surface area contributed by atoms with E-state index in [-0.39, 0.29) is 65.1 Å². The molecule has 4 atom stereocenters. The highest BCUT2D eigenvalue weighted by Crippen LogP contribution is 2.30. The van der Waals surface area contributed by atoms with E-state index in [1.54, 1.807) is 13.0 Å². The van der Waals surface area contributed by atoms with Crippen LogP contribution in [0, 0.1) is 19.8 Å². The number of aliphatic hydroxyl groups excluding tert-OH is 1. The van der Waals surface area contributed by atoms with Gasteiger partial charge in [0, 0.05) is 38.3 Å². The first-order valence-electron chi connectivity index (χ1n) is 14.3. The minimum Gasteiger partial charge on any atom is -0.490 e. The summed E-state index contributed by atoms with van der Waals surface area (Å²) in [5.74, 6) is -0.398. The Hall–Kier alpha value is -2.72. The first-order valence-corrected chi connectivity index (χ1v) is 17.6. The number of hydrogen-bond acceptors (Lipinski definition) is 10. The molecule has 0 aliphatic carbocycles. The summed E-state index contributed by atoms with van der Waals surface area (Å²) in [6, 6.07) is 3.87. The lowest BCUT2D eigenvalue weighted by Gasteiger charge is -2.35. The minimum absolute atomic E-state index is 0.0850. The Kier molecular flexibility index (Phi) is 11.6. The number of carbonyl (C=O) groups excluding carboxylic acids is 1. The number of likely N-dealkylation sites (N-methyl/N-ethyl adjacent to an activating group) is 1. The van der Waals surface area contributed by atoms with Gasteiger partial charge < -0.3 is 24.0 Å². The van der Waals surface area contributed by atoms with Gasteiger partial charge in [0.05, 0.1) is 36.7 Å².